The lowest BCUT2D eigenvalue weighted by molar-refractivity contribution is 0.176. The van der Waals surface area contributed by atoms with Crippen LogP contribution in [-0.4, -0.2) is 60.1 Å². The molecule has 2 bridgehead atoms. The molecule has 5 nitrogen and oxygen atoms in total. The number of aromatic nitrogens is 1. The molecule has 128 valence electrons. The third kappa shape index (κ3) is 4.23. The Kier molecular flexibility index (Phi) is 5.54. The minimum absolute atomic E-state index is 0.123. The Balaban J connectivity index is 1.45. The highest BCUT2D eigenvalue weighted by Crippen LogP contribution is 2.25. The average molecular weight is 337 g/mol. The predicted octanol–water partition coefficient (Wildman–Crippen LogP) is 2.51. The fraction of sp³-hybridized carbons (Fsp3) is 0.765. The number of carbonyl (C=O) groups is 1. The van der Waals surface area contributed by atoms with Gasteiger partial charge in [0, 0.05) is 37.1 Å². The zero-order valence-corrected chi connectivity index (χ0v) is 15.1. The quantitative estimate of drug-likeness (QED) is 0.860. The van der Waals surface area contributed by atoms with Gasteiger partial charge in [-0.25, -0.2) is 9.78 Å². The van der Waals surface area contributed by atoms with E-state index in [2.05, 4.69) is 34.1 Å². The second kappa shape index (κ2) is 7.62. The zero-order valence-electron chi connectivity index (χ0n) is 14.3. The van der Waals surface area contributed by atoms with Crippen LogP contribution in [0.4, 0.5) is 4.79 Å². The maximum Gasteiger partial charge on any atom is 0.317 e. The predicted molar refractivity (Wildman–Crippen MR) is 93.9 cm³/mol. The van der Waals surface area contributed by atoms with Gasteiger partial charge in [-0.05, 0) is 45.6 Å². The molecule has 0 spiro atoms. The maximum atomic E-state index is 12.5. The fourth-order valence-corrected chi connectivity index (χ4v) is 4.64. The van der Waals surface area contributed by atoms with Gasteiger partial charge in [-0.2, -0.15) is 0 Å². The highest BCUT2D eigenvalue weighted by molar-refractivity contribution is 7.09. The van der Waals surface area contributed by atoms with E-state index >= 15 is 0 Å². The van der Waals surface area contributed by atoms with Crippen LogP contribution < -0.4 is 5.32 Å². The average Bonchev–Trinajstić information content (AvgIpc) is 2.73. The molecule has 2 saturated heterocycles. The number of likely N-dealkylation sites (N-methyl/N-ethyl adjacent to an activating group) is 1. The molecule has 2 fully saturated rings. The standard InChI is InChI=1S/C17H28N4OS/c1-13-16(23-12-19-13)7-4-8-18-17(22)21-10-14-5-3-6-15(11-21)20(2)9-14/h12,14-15H,3-11H2,1-2H3,(H,18,22)/t14-,15-/m0/s1. The first kappa shape index (κ1) is 16.7. The molecule has 23 heavy (non-hydrogen) atoms. The Morgan fingerprint density at radius 3 is 3.04 bits per heavy atom. The lowest BCUT2D eigenvalue weighted by Crippen LogP contribution is -2.46. The van der Waals surface area contributed by atoms with Crippen LogP contribution in [0.3, 0.4) is 0 Å². The summed E-state index contributed by atoms with van der Waals surface area (Å²) in [5.74, 6) is 0.637. The second-order valence-corrected chi connectivity index (χ2v) is 7.93. The number of urea groups is 1. The van der Waals surface area contributed by atoms with Crippen LogP contribution >= 0.6 is 11.3 Å². The van der Waals surface area contributed by atoms with Crippen molar-refractivity contribution in [1.29, 1.82) is 0 Å². The molecular weight excluding hydrogens is 308 g/mol. The summed E-state index contributed by atoms with van der Waals surface area (Å²) in [6, 6.07) is 0.659. The summed E-state index contributed by atoms with van der Waals surface area (Å²) in [5.41, 5.74) is 3.03. The number of fused-ring (bicyclic) bond motifs is 3. The van der Waals surface area contributed by atoms with Crippen molar-refractivity contribution in [2.45, 2.75) is 45.1 Å². The molecular formula is C17H28N4OS. The normalized spacial score (nSPS) is 25.2. The van der Waals surface area contributed by atoms with E-state index in [0.29, 0.717) is 12.0 Å². The van der Waals surface area contributed by atoms with Crippen molar-refractivity contribution in [3.05, 3.63) is 16.1 Å². The number of nitrogens with zero attached hydrogens (tertiary/aromatic N) is 3. The van der Waals surface area contributed by atoms with Gasteiger partial charge in [-0.1, -0.05) is 6.42 Å². The first-order valence-corrected chi connectivity index (χ1v) is 9.63. The summed E-state index contributed by atoms with van der Waals surface area (Å²) in [7, 11) is 2.21. The van der Waals surface area contributed by atoms with E-state index in [1.165, 1.54) is 24.1 Å². The van der Waals surface area contributed by atoms with Gasteiger partial charge in [0.1, 0.15) is 0 Å². The van der Waals surface area contributed by atoms with Crippen molar-refractivity contribution in [3.8, 4) is 0 Å². The minimum Gasteiger partial charge on any atom is -0.338 e. The van der Waals surface area contributed by atoms with Crippen LogP contribution in [0.2, 0.25) is 0 Å². The monoisotopic (exact) mass is 336 g/mol. The van der Waals surface area contributed by atoms with E-state index in [9.17, 15) is 4.79 Å². The molecule has 3 heterocycles. The Morgan fingerprint density at radius 1 is 1.39 bits per heavy atom. The van der Waals surface area contributed by atoms with Crippen molar-refractivity contribution in [2.75, 3.05) is 33.2 Å². The summed E-state index contributed by atoms with van der Waals surface area (Å²) in [5, 5.41) is 3.12. The summed E-state index contributed by atoms with van der Waals surface area (Å²) >= 11 is 1.71. The highest BCUT2D eigenvalue weighted by Gasteiger charge is 2.32. The number of hydrogen-bond acceptors (Lipinski definition) is 4. The number of aryl methyl sites for hydroxylation is 2. The second-order valence-electron chi connectivity index (χ2n) is 6.99. The van der Waals surface area contributed by atoms with E-state index in [-0.39, 0.29) is 6.03 Å². The van der Waals surface area contributed by atoms with Gasteiger partial charge in [0.2, 0.25) is 0 Å². The number of thiazole rings is 1. The smallest absolute Gasteiger partial charge is 0.317 e. The highest BCUT2D eigenvalue weighted by atomic mass is 32.1. The van der Waals surface area contributed by atoms with Crippen molar-refractivity contribution < 1.29 is 4.79 Å². The van der Waals surface area contributed by atoms with E-state index in [1.807, 2.05) is 5.51 Å². The van der Waals surface area contributed by atoms with E-state index in [4.69, 9.17) is 0 Å². The van der Waals surface area contributed by atoms with Gasteiger partial charge in [0.25, 0.3) is 0 Å². The van der Waals surface area contributed by atoms with Gasteiger partial charge >= 0.3 is 6.03 Å². The minimum atomic E-state index is 0.123. The number of likely N-dealkylation sites (tertiary alicyclic amines) is 1. The van der Waals surface area contributed by atoms with Crippen LogP contribution in [0.1, 0.15) is 36.3 Å². The van der Waals surface area contributed by atoms with Crippen molar-refractivity contribution >= 4 is 17.4 Å². The van der Waals surface area contributed by atoms with Crippen LogP contribution in [0, 0.1) is 12.8 Å². The molecule has 0 radical (unpaired) electrons. The summed E-state index contributed by atoms with van der Waals surface area (Å²) in [4.78, 5) is 22.6. The molecule has 0 aromatic carbocycles. The Labute approximate surface area is 143 Å². The van der Waals surface area contributed by atoms with Crippen molar-refractivity contribution in [3.63, 3.8) is 0 Å². The number of nitrogens with one attached hydrogen (secondary N) is 1. The summed E-state index contributed by atoms with van der Waals surface area (Å²) in [6.45, 7) is 5.74. The molecule has 6 heteroatoms. The van der Waals surface area contributed by atoms with Crippen LogP contribution in [0.15, 0.2) is 5.51 Å². The number of carbonyl (C=O) groups excluding carboxylic acids is 1. The lowest BCUT2D eigenvalue weighted by atomic mass is 10.00. The van der Waals surface area contributed by atoms with Crippen molar-refractivity contribution in [1.82, 2.24) is 20.1 Å². The Hall–Kier alpha value is -1.14. The summed E-state index contributed by atoms with van der Waals surface area (Å²) < 4.78 is 0. The van der Waals surface area contributed by atoms with E-state index in [0.717, 1.165) is 44.7 Å². The first-order valence-electron chi connectivity index (χ1n) is 8.75. The Morgan fingerprint density at radius 2 is 2.26 bits per heavy atom. The molecule has 1 N–H and O–H groups in total. The van der Waals surface area contributed by atoms with E-state index in [1.54, 1.807) is 11.3 Å². The molecule has 2 amide bonds. The van der Waals surface area contributed by atoms with Gasteiger partial charge in [-0.15, -0.1) is 11.3 Å². The molecule has 3 rings (SSSR count). The largest absolute Gasteiger partial charge is 0.338 e. The first-order chi connectivity index (χ1) is 11.1. The fourth-order valence-electron chi connectivity index (χ4n) is 3.82. The number of rotatable bonds is 4. The molecule has 1 aromatic heterocycles. The third-order valence-corrected chi connectivity index (χ3v) is 6.21. The van der Waals surface area contributed by atoms with Crippen LogP contribution in [0.25, 0.3) is 0 Å². The Bertz CT molecular complexity index is 532. The molecule has 2 aliphatic heterocycles. The van der Waals surface area contributed by atoms with E-state index < -0.39 is 0 Å². The molecule has 1 aromatic rings. The molecule has 0 saturated carbocycles. The van der Waals surface area contributed by atoms with Crippen molar-refractivity contribution in [2.24, 2.45) is 5.92 Å². The molecule has 0 aliphatic carbocycles. The molecule has 2 aliphatic rings. The van der Waals surface area contributed by atoms with Gasteiger partial charge < -0.3 is 15.1 Å². The molecule has 0 unspecified atom stereocenters. The van der Waals surface area contributed by atoms with Gasteiger partial charge in [0.15, 0.2) is 0 Å². The SMILES string of the molecule is Cc1ncsc1CCCNC(=O)N1C[C@H]2CCC[C@@H](C1)N(C)C2. The zero-order chi connectivity index (χ0) is 16.2. The van der Waals surface area contributed by atoms with Gasteiger partial charge in [0.05, 0.1) is 11.2 Å². The third-order valence-electron chi connectivity index (χ3n) is 5.22. The number of hydrogen-bond donors (Lipinski definition) is 1. The lowest BCUT2D eigenvalue weighted by Gasteiger charge is -2.29. The van der Waals surface area contributed by atoms with Crippen LogP contribution in [0.5, 0.6) is 0 Å². The molecule has 2 atom stereocenters. The van der Waals surface area contributed by atoms with Gasteiger partial charge in [-0.3, -0.25) is 0 Å². The topological polar surface area (TPSA) is 48.5 Å². The summed E-state index contributed by atoms with van der Waals surface area (Å²) in [6.07, 6.45) is 5.78. The number of amides is 2. The maximum absolute atomic E-state index is 12.5. The van der Waals surface area contributed by atoms with Crippen LogP contribution in [-0.2, 0) is 6.42 Å².